The fourth-order valence-electron chi connectivity index (χ4n) is 4.49. The number of methoxy groups -OCH3 is 1. The number of likely N-dealkylation sites (tertiary alicyclic amines) is 1. The van der Waals surface area contributed by atoms with Crippen LogP contribution in [-0.4, -0.2) is 43.3 Å². The lowest BCUT2D eigenvalue weighted by Gasteiger charge is -2.32. The van der Waals surface area contributed by atoms with E-state index in [4.69, 9.17) is 9.47 Å². The number of carbonyl (C=O) groups is 1. The van der Waals surface area contributed by atoms with Gasteiger partial charge in [-0.15, -0.1) is 0 Å². The van der Waals surface area contributed by atoms with Crippen LogP contribution >= 0.6 is 0 Å². The van der Waals surface area contributed by atoms with E-state index in [1.807, 2.05) is 23.1 Å². The van der Waals surface area contributed by atoms with E-state index in [-0.39, 0.29) is 23.4 Å². The van der Waals surface area contributed by atoms with Crippen LogP contribution in [0, 0.1) is 0 Å². The van der Waals surface area contributed by atoms with Crippen molar-refractivity contribution in [1.29, 1.82) is 0 Å². The molecule has 0 saturated carbocycles. The molecule has 1 amide bonds. The predicted octanol–water partition coefficient (Wildman–Crippen LogP) is 5.75. The Balaban J connectivity index is 1.63. The zero-order valence-corrected chi connectivity index (χ0v) is 18.5. The van der Waals surface area contributed by atoms with Gasteiger partial charge in [0.25, 0.3) is 0 Å². The summed E-state index contributed by atoms with van der Waals surface area (Å²) < 4.78 is 47.3. The van der Waals surface area contributed by atoms with Crippen molar-refractivity contribution in [2.45, 2.75) is 57.2 Å². The second kappa shape index (κ2) is 10.7. The Morgan fingerprint density at radius 2 is 1.91 bits per heavy atom. The summed E-state index contributed by atoms with van der Waals surface area (Å²) in [7, 11) is 1.38. The van der Waals surface area contributed by atoms with Crippen molar-refractivity contribution in [2.24, 2.45) is 0 Å². The van der Waals surface area contributed by atoms with E-state index in [0.29, 0.717) is 18.8 Å². The summed E-state index contributed by atoms with van der Waals surface area (Å²) in [6.45, 7) is 1.55. The van der Waals surface area contributed by atoms with Gasteiger partial charge in [-0.1, -0.05) is 43.3 Å². The highest BCUT2D eigenvalue weighted by Crippen LogP contribution is 2.34. The normalized spacial score (nSPS) is 17.3. The van der Waals surface area contributed by atoms with Crippen molar-refractivity contribution >= 4 is 5.91 Å². The lowest BCUT2D eigenvalue weighted by Crippen LogP contribution is -2.39. The molecule has 1 aliphatic heterocycles. The minimum absolute atomic E-state index is 0.0353. The summed E-state index contributed by atoms with van der Waals surface area (Å²) in [6, 6.07) is 15.3. The van der Waals surface area contributed by atoms with Gasteiger partial charge in [0.15, 0.2) is 18.1 Å². The molecule has 0 unspecified atom stereocenters. The Hall–Kier alpha value is -2.70. The van der Waals surface area contributed by atoms with Crippen molar-refractivity contribution in [3.8, 4) is 11.5 Å². The first-order valence-corrected chi connectivity index (χ1v) is 11.0. The van der Waals surface area contributed by atoms with E-state index in [1.54, 1.807) is 12.1 Å². The number of hydrogen-bond donors (Lipinski definition) is 0. The number of amides is 1. The smallest absolute Gasteiger partial charge is 0.422 e. The standard InChI is InChI=1S/C25H30F3NO3/c1-3-20(19-8-5-4-6-9-19)21-10-7-15-29(21)24(30)14-12-18-11-13-22(23(16-18)31-2)32-17-25(26,27)28/h4-6,8-9,11,13,16,20-21H,3,7,10,12,14-15,17H2,1-2H3/t20-,21-/m1/s1. The van der Waals surface area contributed by atoms with Crippen LogP contribution in [0.4, 0.5) is 13.2 Å². The number of ether oxygens (including phenoxy) is 2. The summed E-state index contributed by atoms with van der Waals surface area (Å²) in [5.74, 6) is 0.688. The largest absolute Gasteiger partial charge is 0.493 e. The minimum Gasteiger partial charge on any atom is -0.493 e. The fraction of sp³-hybridized carbons (Fsp3) is 0.480. The first-order chi connectivity index (χ1) is 15.3. The molecule has 0 radical (unpaired) electrons. The maximum absolute atomic E-state index is 13.1. The van der Waals surface area contributed by atoms with Crippen LogP contribution in [0.15, 0.2) is 48.5 Å². The Kier molecular flexibility index (Phi) is 8.04. The second-order valence-electron chi connectivity index (χ2n) is 8.11. The third kappa shape index (κ3) is 6.17. The van der Waals surface area contributed by atoms with E-state index in [0.717, 1.165) is 31.4 Å². The summed E-state index contributed by atoms with van der Waals surface area (Å²) in [5, 5.41) is 0. The second-order valence-corrected chi connectivity index (χ2v) is 8.11. The van der Waals surface area contributed by atoms with Crippen molar-refractivity contribution in [2.75, 3.05) is 20.3 Å². The highest BCUT2D eigenvalue weighted by Gasteiger charge is 2.34. The molecule has 2 atom stereocenters. The number of benzene rings is 2. The SMILES string of the molecule is CC[C@H](c1ccccc1)[C@H]1CCCN1C(=O)CCc1ccc(OCC(F)(F)F)c(OC)c1. The van der Waals surface area contributed by atoms with Crippen molar-refractivity contribution in [1.82, 2.24) is 4.90 Å². The summed E-state index contributed by atoms with van der Waals surface area (Å²) in [4.78, 5) is 15.1. The molecule has 1 heterocycles. The van der Waals surface area contributed by atoms with Gasteiger partial charge in [0, 0.05) is 24.9 Å². The highest BCUT2D eigenvalue weighted by atomic mass is 19.4. The molecule has 1 aliphatic rings. The quantitative estimate of drug-likeness (QED) is 0.489. The van der Waals surface area contributed by atoms with E-state index < -0.39 is 12.8 Å². The van der Waals surface area contributed by atoms with E-state index >= 15 is 0 Å². The molecule has 0 N–H and O–H groups in total. The van der Waals surface area contributed by atoms with Gasteiger partial charge >= 0.3 is 6.18 Å². The number of nitrogens with zero attached hydrogens (tertiary/aromatic N) is 1. The number of halogens is 3. The van der Waals surface area contributed by atoms with Crippen molar-refractivity contribution in [3.63, 3.8) is 0 Å². The predicted molar refractivity (Wildman–Crippen MR) is 117 cm³/mol. The van der Waals surface area contributed by atoms with Gasteiger partial charge in [-0.3, -0.25) is 4.79 Å². The van der Waals surface area contributed by atoms with Gasteiger partial charge in [0.1, 0.15) is 0 Å². The average molecular weight is 450 g/mol. The summed E-state index contributed by atoms with van der Waals surface area (Å²) >= 11 is 0. The third-order valence-corrected chi connectivity index (χ3v) is 6.00. The number of aryl methyl sites for hydroxylation is 1. The molecule has 7 heteroatoms. The van der Waals surface area contributed by atoms with Gasteiger partial charge in [-0.2, -0.15) is 13.2 Å². The molecule has 1 saturated heterocycles. The first-order valence-electron chi connectivity index (χ1n) is 11.0. The number of hydrogen-bond acceptors (Lipinski definition) is 3. The monoisotopic (exact) mass is 449 g/mol. The molecular formula is C25H30F3NO3. The molecule has 32 heavy (non-hydrogen) atoms. The van der Waals surface area contributed by atoms with Gasteiger partial charge in [0.2, 0.25) is 5.91 Å². The third-order valence-electron chi connectivity index (χ3n) is 6.00. The highest BCUT2D eigenvalue weighted by molar-refractivity contribution is 5.77. The molecule has 174 valence electrons. The van der Waals surface area contributed by atoms with Gasteiger partial charge < -0.3 is 14.4 Å². The lowest BCUT2D eigenvalue weighted by atomic mass is 9.87. The van der Waals surface area contributed by atoms with Crippen LogP contribution in [0.5, 0.6) is 11.5 Å². The molecular weight excluding hydrogens is 419 g/mol. The van der Waals surface area contributed by atoms with Crippen LogP contribution in [0.1, 0.15) is 49.7 Å². The summed E-state index contributed by atoms with van der Waals surface area (Å²) in [6.07, 6.45) is -0.627. The Labute approximate surface area is 187 Å². The van der Waals surface area contributed by atoms with Crippen molar-refractivity contribution in [3.05, 3.63) is 59.7 Å². The molecule has 0 aliphatic carbocycles. The van der Waals surface area contributed by atoms with Gasteiger partial charge in [-0.05, 0) is 48.9 Å². The van der Waals surface area contributed by atoms with E-state index in [1.165, 1.54) is 18.7 Å². The van der Waals surface area contributed by atoms with E-state index in [2.05, 4.69) is 19.1 Å². The zero-order valence-electron chi connectivity index (χ0n) is 18.5. The molecule has 3 rings (SSSR count). The van der Waals surface area contributed by atoms with Crippen LogP contribution in [0.25, 0.3) is 0 Å². The zero-order chi connectivity index (χ0) is 23.1. The van der Waals surface area contributed by atoms with Crippen LogP contribution in [0.3, 0.4) is 0 Å². The topological polar surface area (TPSA) is 38.8 Å². The van der Waals surface area contributed by atoms with Gasteiger partial charge in [0.05, 0.1) is 7.11 Å². The maximum atomic E-state index is 13.1. The molecule has 0 aromatic heterocycles. The maximum Gasteiger partial charge on any atom is 0.422 e. The van der Waals surface area contributed by atoms with Gasteiger partial charge in [-0.25, -0.2) is 0 Å². The molecule has 0 bridgehead atoms. The fourth-order valence-corrected chi connectivity index (χ4v) is 4.49. The average Bonchev–Trinajstić information content (AvgIpc) is 3.26. The molecule has 2 aromatic carbocycles. The molecule has 1 fully saturated rings. The first kappa shape index (κ1) is 24.0. The van der Waals surface area contributed by atoms with Crippen LogP contribution < -0.4 is 9.47 Å². The summed E-state index contributed by atoms with van der Waals surface area (Å²) in [5.41, 5.74) is 2.08. The van der Waals surface area contributed by atoms with Crippen LogP contribution in [0.2, 0.25) is 0 Å². The number of carbonyl (C=O) groups excluding carboxylic acids is 1. The molecule has 4 nitrogen and oxygen atoms in total. The minimum atomic E-state index is -4.42. The Morgan fingerprint density at radius 1 is 1.16 bits per heavy atom. The molecule has 2 aromatic rings. The Morgan fingerprint density at radius 3 is 2.56 bits per heavy atom. The van der Waals surface area contributed by atoms with Crippen molar-refractivity contribution < 1.29 is 27.4 Å². The number of alkyl halides is 3. The van der Waals surface area contributed by atoms with Crippen LogP contribution in [-0.2, 0) is 11.2 Å². The van der Waals surface area contributed by atoms with E-state index in [9.17, 15) is 18.0 Å². The lowest BCUT2D eigenvalue weighted by molar-refractivity contribution is -0.153. The number of rotatable bonds is 9. The molecule has 0 spiro atoms. The Bertz CT molecular complexity index is 886.